The zero-order chi connectivity index (χ0) is 16.8. The molecule has 0 aliphatic rings. The van der Waals surface area contributed by atoms with Crippen LogP contribution in [0.5, 0.6) is 11.5 Å². The summed E-state index contributed by atoms with van der Waals surface area (Å²) in [6.45, 7) is -0.211. The molecular formula is C16H14ClNO5. The lowest BCUT2D eigenvalue weighted by atomic mass is 10.2. The Hall–Kier alpha value is -2.73. The van der Waals surface area contributed by atoms with Gasteiger partial charge in [-0.1, -0.05) is 11.6 Å². The Balaban J connectivity index is 1.94. The van der Waals surface area contributed by atoms with Crippen molar-refractivity contribution < 1.29 is 24.2 Å². The molecule has 1 amide bonds. The lowest BCUT2D eigenvalue weighted by molar-refractivity contribution is -0.118. The number of halogens is 1. The van der Waals surface area contributed by atoms with Gasteiger partial charge < -0.3 is 19.9 Å². The normalized spacial score (nSPS) is 10.0. The maximum atomic E-state index is 11.8. The number of hydrogen-bond acceptors (Lipinski definition) is 4. The van der Waals surface area contributed by atoms with Crippen LogP contribution in [-0.2, 0) is 4.79 Å². The lowest BCUT2D eigenvalue weighted by Gasteiger charge is -2.09. The van der Waals surface area contributed by atoms with Gasteiger partial charge in [0.1, 0.15) is 11.5 Å². The molecule has 0 radical (unpaired) electrons. The number of anilines is 1. The highest BCUT2D eigenvalue weighted by atomic mass is 35.5. The molecule has 0 aliphatic heterocycles. The highest BCUT2D eigenvalue weighted by Crippen LogP contribution is 2.21. The number of carbonyl (C=O) groups is 2. The number of aromatic carboxylic acids is 1. The molecule has 7 heteroatoms. The van der Waals surface area contributed by atoms with E-state index in [1.54, 1.807) is 31.4 Å². The molecule has 0 aromatic heterocycles. The van der Waals surface area contributed by atoms with E-state index in [4.69, 9.17) is 26.2 Å². The van der Waals surface area contributed by atoms with Gasteiger partial charge in [-0.3, -0.25) is 4.79 Å². The highest BCUT2D eigenvalue weighted by Gasteiger charge is 2.11. The lowest BCUT2D eigenvalue weighted by Crippen LogP contribution is -2.20. The van der Waals surface area contributed by atoms with Crippen molar-refractivity contribution in [3.8, 4) is 11.5 Å². The smallest absolute Gasteiger partial charge is 0.337 e. The predicted octanol–water partition coefficient (Wildman–Crippen LogP) is 3.06. The SMILES string of the molecule is COc1ccc(OCC(=O)Nc2ccc(Cl)c(C(=O)O)c2)cc1. The van der Waals surface area contributed by atoms with E-state index in [1.807, 2.05) is 0 Å². The monoisotopic (exact) mass is 335 g/mol. The molecule has 23 heavy (non-hydrogen) atoms. The Morgan fingerprint density at radius 2 is 1.78 bits per heavy atom. The van der Waals surface area contributed by atoms with Crippen LogP contribution in [0.4, 0.5) is 5.69 Å². The van der Waals surface area contributed by atoms with E-state index >= 15 is 0 Å². The summed E-state index contributed by atoms with van der Waals surface area (Å²) in [5, 5.41) is 11.6. The number of carboxylic acids is 1. The molecule has 0 bridgehead atoms. The largest absolute Gasteiger partial charge is 0.497 e. The quantitative estimate of drug-likeness (QED) is 0.847. The molecule has 0 saturated heterocycles. The minimum Gasteiger partial charge on any atom is -0.497 e. The Kier molecular flexibility index (Phi) is 5.43. The first-order valence-electron chi connectivity index (χ1n) is 6.59. The van der Waals surface area contributed by atoms with Crippen molar-refractivity contribution in [3.05, 3.63) is 53.1 Å². The third-order valence-electron chi connectivity index (χ3n) is 2.91. The predicted molar refractivity (Wildman–Crippen MR) is 85.5 cm³/mol. The van der Waals surface area contributed by atoms with Crippen molar-refractivity contribution in [3.63, 3.8) is 0 Å². The standard InChI is InChI=1S/C16H14ClNO5/c1-22-11-3-5-12(6-4-11)23-9-15(19)18-10-2-7-14(17)13(8-10)16(20)21/h2-8H,9H2,1H3,(H,18,19)(H,20,21). The summed E-state index contributed by atoms with van der Waals surface area (Å²) in [6.07, 6.45) is 0. The minimum absolute atomic E-state index is 0.0828. The Morgan fingerprint density at radius 3 is 2.39 bits per heavy atom. The number of methoxy groups -OCH3 is 1. The second-order valence-electron chi connectivity index (χ2n) is 4.51. The molecule has 2 aromatic rings. The minimum atomic E-state index is -1.17. The van der Waals surface area contributed by atoms with E-state index < -0.39 is 11.9 Å². The third-order valence-corrected chi connectivity index (χ3v) is 3.24. The topological polar surface area (TPSA) is 84.9 Å². The van der Waals surface area contributed by atoms with Crippen LogP contribution in [0.15, 0.2) is 42.5 Å². The fourth-order valence-corrected chi connectivity index (χ4v) is 1.98. The van der Waals surface area contributed by atoms with E-state index in [2.05, 4.69) is 5.32 Å². The van der Waals surface area contributed by atoms with E-state index in [9.17, 15) is 9.59 Å². The van der Waals surface area contributed by atoms with E-state index in [0.717, 1.165) is 0 Å². The number of carboxylic acid groups (broad SMARTS) is 1. The fraction of sp³-hybridized carbons (Fsp3) is 0.125. The summed E-state index contributed by atoms with van der Waals surface area (Å²) in [5.41, 5.74) is 0.246. The second-order valence-corrected chi connectivity index (χ2v) is 4.92. The van der Waals surface area contributed by atoms with Crippen molar-refractivity contribution in [2.75, 3.05) is 19.0 Å². The molecule has 0 fully saturated rings. The summed E-state index contributed by atoms with van der Waals surface area (Å²) in [6, 6.07) is 11.0. The van der Waals surface area contributed by atoms with Gasteiger partial charge in [-0.2, -0.15) is 0 Å². The van der Waals surface area contributed by atoms with Crippen LogP contribution in [0.2, 0.25) is 5.02 Å². The van der Waals surface area contributed by atoms with Gasteiger partial charge in [0.2, 0.25) is 0 Å². The fourth-order valence-electron chi connectivity index (χ4n) is 1.78. The Bertz CT molecular complexity index is 715. The van der Waals surface area contributed by atoms with Crippen LogP contribution >= 0.6 is 11.6 Å². The number of hydrogen-bond donors (Lipinski definition) is 2. The van der Waals surface area contributed by atoms with Gasteiger partial charge in [0.15, 0.2) is 6.61 Å². The average Bonchev–Trinajstić information content (AvgIpc) is 2.55. The van der Waals surface area contributed by atoms with Crippen molar-refractivity contribution in [1.29, 1.82) is 0 Å². The second kappa shape index (κ2) is 7.51. The maximum absolute atomic E-state index is 11.8. The molecule has 0 heterocycles. The van der Waals surface area contributed by atoms with E-state index in [1.165, 1.54) is 18.2 Å². The molecule has 2 N–H and O–H groups in total. The molecule has 0 atom stereocenters. The van der Waals surface area contributed by atoms with Gasteiger partial charge in [-0.05, 0) is 42.5 Å². The summed E-state index contributed by atoms with van der Waals surface area (Å²) in [4.78, 5) is 22.8. The van der Waals surface area contributed by atoms with Crippen molar-refractivity contribution in [1.82, 2.24) is 0 Å². The van der Waals surface area contributed by atoms with Crippen LogP contribution in [0.25, 0.3) is 0 Å². The molecular weight excluding hydrogens is 322 g/mol. The number of nitrogens with one attached hydrogen (secondary N) is 1. The van der Waals surface area contributed by atoms with Gasteiger partial charge in [-0.25, -0.2) is 4.79 Å². The molecule has 2 rings (SSSR count). The molecule has 2 aromatic carbocycles. The summed E-state index contributed by atoms with van der Waals surface area (Å²) < 4.78 is 10.4. The first-order valence-corrected chi connectivity index (χ1v) is 6.97. The van der Waals surface area contributed by atoms with Gasteiger partial charge in [0, 0.05) is 5.69 Å². The molecule has 0 unspecified atom stereocenters. The van der Waals surface area contributed by atoms with Crippen LogP contribution in [0.3, 0.4) is 0 Å². The molecule has 120 valence electrons. The Labute approximate surface area is 137 Å². The Morgan fingerprint density at radius 1 is 1.13 bits per heavy atom. The molecule has 0 saturated carbocycles. The van der Waals surface area contributed by atoms with Crippen LogP contribution in [0.1, 0.15) is 10.4 Å². The number of amides is 1. The summed E-state index contributed by atoms with van der Waals surface area (Å²) in [5.74, 6) is -0.382. The molecule has 6 nitrogen and oxygen atoms in total. The van der Waals surface area contributed by atoms with Gasteiger partial charge in [0.05, 0.1) is 17.7 Å². The summed E-state index contributed by atoms with van der Waals surface area (Å²) in [7, 11) is 1.56. The van der Waals surface area contributed by atoms with Crippen LogP contribution in [-0.4, -0.2) is 30.7 Å². The van der Waals surface area contributed by atoms with E-state index in [-0.39, 0.29) is 17.2 Å². The van der Waals surface area contributed by atoms with Gasteiger partial charge >= 0.3 is 5.97 Å². The average molecular weight is 336 g/mol. The zero-order valence-corrected chi connectivity index (χ0v) is 13.0. The number of ether oxygens (including phenoxy) is 2. The number of carbonyl (C=O) groups excluding carboxylic acids is 1. The highest BCUT2D eigenvalue weighted by molar-refractivity contribution is 6.33. The van der Waals surface area contributed by atoms with Crippen molar-refractivity contribution in [2.24, 2.45) is 0 Å². The van der Waals surface area contributed by atoms with E-state index in [0.29, 0.717) is 17.2 Å². The van der Waals surface area contributed by atoms with Crippen LogP contribution < -0.4 is 14.8 Å². The first-order chi connectivity index (χ1) is 11.0. The summed E-state index contributed by atoms with van der Waals surface area (Å²) >= 11 is 5.77. The van der Waals surface area contributed by atoms with Crippen molar-refractivity contribution in [2.45, 2.75) is 0 Å². The molecule has 0 aliphatic carbocycles. The van der Waals surface area contributed by atoms with Crippen molar-refractivity contribution >= 4 is 29.2 Å². The maximum Gasteiger partial charge on any atom is 0.337 e. The third kappa shape index (κ3) is 4.62. The first kappa shape index (κ1) is 16.6. The van der Waals surface area contributed by atoms with Crippen LogP contribution in [0, 0.1) is 0 Å². The number of benzene rings is 2. The van der Waals surface area contributed by atoms with Gasteiger partial charge in [-0.15, -0.1) is 0 Å². The number of rotatable bonds is 6. The molecule has 0 spiro atoms. The van der Waals surface area contributed by atoms with Gasteiger partial charge in [0.25, 0.3) is 5.91 Å². The zero-order valence-electron chi connectivity index (χ0n) is 12.2.